The van der Waals surface area contributed by atoms with Gasteiger partial charge in [0.15, 0.2) is 0 Å². The van der Waals surface area contributed by atoms with Gasteiger partial charge in [0, 0.05) is 0 Å². The molecule has 0 bridgehead atoms. The Morgan fingerprint density at radius 2 is 2.19 bits per heavy atom. The maximum atomic E-state index is 13.3. The number of benzene rings is 1. The molecular weight excluding hydrogens is 260 g/mol. The fourth-order valence-corrected chi connectivity index (χ4v) is 1.26. The molecule has 0 spiro atoms. The lowest BCUT2D eigenvalue weighted by Crippen LogP contribution is -2.23. The molecule has 0 aliphatic carbocycles. The van der Waals surface area contributed by atoms with E-state index in [1.165, 1.54) is 6.07 Å². The Labute approximate surface area is 103 Å². The van der Waals surface area contributed by atoms with Crippen molar-refractivity contribution in [1.29, 1.82) is 0 Å². The fraction of sp³-hybridized carbons (Fsp3) is 0.222. The second kappa shape index (κ2) is 5.89. The van der Waals surface area contributed by atoms with Gasteiger partial charge in [-0.15, -0.1) is 12.4 Å². The first kappa shape index (κ1) is 15.0. The third-order valence-corrected chi connectivity index (χ3v) is 2.19. The van der Waals surface area contributed by atoms with E-state index in [1.54, 1.807) is 0 Å². The van der Waals surface area contributed by atoms with Crippen LogP contribution in [-0.4, -0.2) is 18.2 Å². The SMILES string of the molecule is COC(=O)[C@H](N)c1c(F)ccc(Cl)c1O.Cl. The molecule has 0 fully saturated rings. The molecule has 90 valence electrons. The summed E-state index contributed by atoms with van der Waals surface area (Å²) in [5, 5.41) is 9.36. The molecule has 0 aliphatic rings. The molecule has 1 aromatic rings. The van der Waals surface area contributed by atoms with E-state index in [-0.39, 0.29) is 23.0 Å². The molecule has 0 aliphatic heterocycles. The lowest BCUT2D eigenvalue weighted by atomic mass is 10.1. The average Bonchev–Trinajstić information content (AvgIpc) is 2.22. The molecule has 1 aromatic carbocycles. The maximum Gasteiger partial charge on any atom is 0.327 e. The molecule has 4 nitrogen and oxygen atoms in total. The van der Waals surface area contributed by atoms with Gasteiger partial charge in [-0.25, -0.2) is 4.39 Å². The number of rotatable bonds is 2. The first-order chi connectivity index (χ1) is 6.99. The monoisotopic (exact) mass is 269 g/mol. The molecule has 0 heterocycles. The van der Waals surface area contributed by atoms with Crippen molar-refractivity contribution in [3.05, 3.63) is 28.5 Å². The molecule has 1 rings (SSSR count). The van der Waals surface area contributed by atoms with Crippen LogP contribution >= 0.6 is 24.0 Å². The first-order valence-corrected chi connectivity index (χ1v) is 4.37. The summed E-state index contributed by atoms with van der Waals surface area (Å²) in [6.07, 6.45) is 0. The molecule has 0 saturated heterocycles. The summed E-state index contributed by atoms with van der Waals surface area (Å²) in [6, 6.07) is 0.786. The van der Waals surface area contributed by atoms with Crippen LogP contribution in [0.5, 0.6) is 5.75 Å². The summed E-state index contributed by atoms with van der Waals surface area (Å²) in [7, 11) is 1.11. The maximum absolute atomic E-state index is 13.3. The number of hydrogen-bond acceptors (Lipinski definition) is 4. The van der Waals surface area contributed by atoms with Crippen LogP contribution in [-0.2, 0) is 9.53 Å². The molecule has 3 N–H and O–H groups in total. The highest BCUT2D eigenvalue weighted by Gasteiger charge is 2.24. The number of phenolic OH excluding ortho intramolecular Hbond substituents is 1. The largest absolute Gasteiger partial charge is 0.506 e. The summed E-state index contributed by atoms with van der Waals surface area (Å²) in [4.78, 5) is 11.1. The van der Waals surface area contributed by atoms with Crippen LogP contribution in [0.1, 0.15) is 11.6 Å². The number of hydrogen-bond donors (Lipinski definition) is 2. The number of nitrogens with two attached hydrogens (primary N) is 1. The minimum absolute atomic E-state index is 0. The van der Waals surface area contributed by atoms with E-state index < -0.39 is 23.6 Å². The van der Waals surface area contributed by atoms with Gasteiger partial charge in [-0.2, -0.15) is 0 Å². The topological polar surface area (TPSA) is 72.5 Å². The Balaban J connectivity index is 0.00000225. The van der Waals surface area contributed by atoms with E-state index in [4.69, 9.17) is 17.3 Å². The summed E-state index contributed by atoms with van der Waals surface area (Å²) in [5.74, 6) is -2.21. The van der Waals surface area contributed by atoms with Crippen LogP contribution in [0, 0.1) is 5.82 Å². The van der Waals surface area contributed by atoms with E-state index in [0.717, 1.165) is 13.2 Å². The lowest BCUT2D eigenvalue weighted by Gasteiger charge is -2.12. The summed E-state index contributed by atoms with van der Waals surface area (Å²) >= 11 is 5.55. The Morgan fingerprint density at radius 1 is 1.62 bits per heavy atom. The molecule has 0 radical (unpaired) electrons. The number of aromatic hydroxyl groups is 1. The quantitative estimate of drug-likeness (QED) is 0.803. The summed E-state index contributed by atoms with van der Waals surface area (Å²) < 4.78 is 17.6. The molecule has 1 atom stereocenters. The van der Waals surface area contributed by atoms with E-state index in [9.17, 15) is 14.3 Å². The Bertz CT molecular complexity index is 401. The number of carbonyl (C=O) groups excluding carboxylic acids is 1. The zero-order valence-corrected chi connectivity index (χ0v) is 9.81. The highest BCUT2D eigenvalue weighted by molar-refractivity contribution is 6.32. The molecule has 0 amide bonds. The van der Waals surface area contributed by atoms with E-state index in [1.807, 2.05) is 0 Å². The fourth-order valence-electron chi connectivity index (χ4n) is 1.10. The van der Waals surface area contributed by atoms with E-state index in [0.29, 0.717) is 0 Å². The minimum Gasteiger partial charge on any atom is -0.506 e. The summed E-state index contributed by atoms with van der Waals surface area (Å²) in [5.41, 5.74) is 5.02. The number of carbonyl (C=O) groups is 1. The smallest absolute Gasteiger partial charge is 0.327 e. The van der Waals surface area contributed by atoms with Crippen LogP contribution in [0.2, 0.25) is 5.02 Å². The van der Waals surface area contributed by atoms with Crippen LogP contribution in [0.4, 0.5) is 4.39 Å². The van der Waals surface area contributed by atoms with Crippen LogP contribution < -0.4 is 5.73 Å². The average molecular weight is 270 g/mol. The number of phenols is 1. The van der Waals surface area contributed by atoms with Gasteiger partial charge in [-0.3, -0.25) is 4.79 Å². The van der Waals surface area contributed by atoms with Crippen LogP contribution in [0.25, 0.3) is 0 Å². The van der Waals surface area contributed by atoms with Crippen molar-refractivity contribution in [3.8, 4) is 5.75 Å². The minimum atomic E-state index is -1.39. The number of esters is 1. The number of methoxy groups -OCH3 is 1. The zero-order valence-electron chi connectivity index (χ0n) is 8.24. The van der Waals surface area contributed by atoms with E-state index >= 15 is 0 Å². The zero-order chi connectivity index (χ0) is 11.6. The van der Waals surface area contributed by atoms with Crippen molar-refractivity contribution in [2.24, 2.45) is 5.73 Å². The van der Waals surface area contributed by atoms with Crippen molar-refractivity contribution in [3.63, 3.8) is 0 Å². The molecule has 0 saturated carbocycles. The highest BCUT2D eigenvalue weighted by Crippen LogP contribution is 2.33. The van der Waals surface area contributed by atoms with Crippen molar-refractivity contribution in [2.45, 2.75) is 6.04 Å². The Hall–Kier alpha value is -1.04. The molecular formula is C9H10Cl2FNO3. The van der Waals surface area contributed by atoms with Crippen molar-refractivity contribution in [2.75, 3.05) is 7.11 Å². The van der Waals surface area contributed by atoms with Gasteiger partial charge in [0.2, 0.25) is 0 Å². The van der Waals surface area contributed by atoms with Gasteiger partial charge in [-0.1, -0.05) is 11.6 Å². The Morgan fingerprint density at radius 3 is 2.69 bits per heavy atom. The normalized spacial score (nSPS) is 11.5. The molecule has 0 aromatic heterocycles. The highest BCUT2D eigenvalue weighted by atomic mass is 35.5. The van der Waals surface area contributed by atoms with Crippen molar-refractivity contribution in [1.82, 2.24) is 0 Å². The van der Waals surface area contributed by atoms with Gasteiger partial charge >= 0.3 is 5.97 Å². The van der Waals surface area contributed by atoms with Gasteiger partial charge in [0.05, 0.1) is 17.7 Å². The lowest BCUT2D eigenvalue weighted by molar-refractivity contribution is -0.142. The van der Waals surface area contributed by atoms with E-state index in [2.05, 4.69) is 4.74 Å². The number of halogens is 3. The predicted octanol–water partition coefficient (Wildman–Crippen LogP) is 1.78. The number of ether oxygens (including phenoxy) is 1. The Kier molecular flexibility index (Phi) is 5.50. The van der Waals surface area contributed by atoms with Gasteiger partial charge in [0.25, 0.3) is 0 Å². The van der Waals surface area contributed by atoms with Crippen molar-refractivity contribution >= 4 is 30.0 Å². The molecule has 0 unspecified atom stereocenters. The first-order valence-electron chi connectivity index (χ1n) is 3.99. The standard InChI is InChI=1S/C9H9ClFNO3.ClH/c1-15-9(14)7(12)6-5(11)3-2-4(10)8(6)13;/h2-3,7,13H,12H2,1H3;1H/t7-;/m1./s1. The second-order valence-electron chi connectivity index (χ2n) is 2.79. The van der Waals surface area contributed by atoms with Gasteiger partial charge in [-0.05, 0) is 12.1 Å². The molecule has 16 heavy (non-hydrogen) atoms. The van der Waals surface area contributed by atoms with Crippen LogP contribution in [0.15, 0.2) is 12.1 Å². The predicted molar refractivity (Wildman–Crippen MR) is 59.3 cm³/mol. The second-order valence-corrected chi connectivity index (χ2v) is 3.20. The van der Waals surface area contributed by atoms with Crippen molar-refractivity contribution < 1.29 is 19.0 Å². The van der Waals surface area contributed by atoms with Crippen LogP contribution in [0.3, 0.4) is 0 Å². The molecule has 7 heteroatoms. The van der Waals surface area contributed by atoms with Gasteiger partial charge < -0.3 is 15.6 Å². The third kappa shape index (κ3) is 2.75. The van der Waals surface area contributed by atoms with Gasteiger partial charge in [0.1, 0.15) is 17.6 Å². The third-order valence-electron chi connectivity index (χ3n) is 1.88. The summed E-state index contributed by atoms with van der Waals surface area (Å²) in [6.45, 7) is 0.